The van der Waals surface area contributed by atoms with Gasteiger partial charge in [-0.1, -0.05) is 0 Å². The third kappa shape index (κ3) is 9.46. The molecule has 122 valence electrons. The van der Waals surface area contributed by atoms with E-state index < -0.39 is 35.5 Å². The molecule has 10 heteroatoms. The molecule has 0 heterocycles. The smallest absolute Gasteiger partial charge is 0.320 e. The Morgan fingerprint density at radius 1 is 0.800 bits per heavy atom. The SMILES string of the molecule is CCOC[PH](=O)C(C)O[PH](=O)OC(C)[PH](=O)COCC. The lowest BCUT2D eigenvalue weighted by Crippen LogP contribution is -2.05. The van der Waals surface area contributed by atoms with Gasteiger partial charge in [-0.25, -0.2) is 0 Å². The van der Waals surface area contributed by atoms with Crippen LogP contribution < -0.4 is 0 Å². The molecule has 0 fully saturated rings. The van der Waals surface area contributed by atoms with E-state index in [1.807, 2.05) is 0 Å². The molecule has 0 aromatic carbocycles. The predicted molar refractivity (Wildman–Crippen MR) is 81.1 cm³/mol. The first-order valence-corrected chi connectivity index (χ1v) is 11.1. The van der Waals surface area contributed by atoms with Gasteiger partial charge in [-0.05, 0) is 27.7 Å². The first-order valence-electron chi connectivity index (χ1n) is 6.50. The van der Waals surface area contributed by atoms with Crippen LogP contribution in [0.5, 0.6) is 0 Å². The third-order valence-electron chi connectivity index (χ3n) is 2.35. The lowest BCUT2D eigenvalue weighted by molar-refractivity contribution is 0.175. The van der Waals surface area contributed by atoms with E-state index in [-0.39, 0.29) is 12.7 Å². The Labute approximate surface area is 122 Å². The van der Waals surface area contributed by atoms with Gasteiger partial charge in [0.15, 0.2) is 0 Å². The van der Waals surface area contributed by atoms with Crippen LogP contribution in [0.15, 0.2) is 0 Å². The number of hydrogen-bond donors (Lipinski definition) is 0. The van der Waals surface area contributed by atoms with E-state index in [2.05, 4.69) is 0 Å². The van der Waals surface area contributed by atoms with Crippen molar-refractivity contribution in [3.05, 3.63) is 0 Å². The monoisotopic (exact) mass is 350 g/mol. The second kappa shape index (κ2) is 12.1. The maximum Gasteiger partial charge on any atom is 0.320 e. The van der Waals surface area contributed by atoms with Gasteiger partial charge in [-0.15, -0.1) is 0 Å². The Morgan fingerprint density at radius 3 is 1.45 bits per heavy atom. The molecular weight excluding hydrogens is 325 g/mol. The van der Waals surface area contributed by atoms with Crippen molar-refractivity contribution in [2.45, 2.75) is 39.4 Å². The quantitative estimate of drug-likeness (QED) is 0.499. The summed E-state index contributed by atoms with van der Waals surface area (Å²) in [5, 5.41) is 0. The summed E-state index contributed by atoms with van der Waals surface area (Å²) in [6.07, 6.45) is 0.182. The van der Waals surface area contributed by atoms with Crippen molar-refractivity contribution in [3.8, 4) is 0 Å². The zero-order valence-corrected chi connectivity index (χ0v) is 15.3. The number of hydrogen-bond acceptors (Lipinski definition) is 7. The van der Waals surface area contributed by atoms with Crippen LogP contribution in [-0.2, 0) is 32.2 Å². The lowest BCUT2D eigenvalue weighted by Gasteiger charge is -2.16. The highest BCUT2D eigenvalue weighted by Gasteiger charge is 2.19. The van der Waals surface area contributed by atoms with Crippen LogP contribution in [0.2, 0.25) is 0 Å². The van der Waals surface area contributed by atoms with E-state index in [1.165, 1.54) is 0 Å². The molecule has 0 spiro atoms. The predicted octanol–water partition coefficient (Wildman–Crippen LogP) is 3.21. The van der Waals surface area contributed by atoms with E-state index in [4.69, 9.17) is 18.5 Å². The molecular formula is C10H25O7P3. The Bertz CT molecular complexity index is 307. The van der Waals surface area contributed by atoms with Gasteiger partial charge in [-0.2, -0.15) is 0 Å². The van der Waals surface area contributed by atoms with Crippen molar-refractivity contribution in [2.75, 3.05) is 25.9 Å². The molecule has 4 unspecified atom stereocenters. The summed E-state index contributed by atoms with van der Waals surface area (Å²) in [7, 11) is -7.11. The molecule has 0 rings (SSSR count). The fourth-order valence-corrected chi connectivity index (χ4v) is 4.63. The standard InChI is InChI=1S/C10H25O7P3/c1-5-14-7-18(11)9(3)16-20(13)17-10(4)19(12)8-15-6-2/h9-10,18-20H,5-8H2,1-4H3. The molecule has 0 aliphatic heterocycles. The summed E-state index contributed by atoms with van der Waals surface area (Å²) in [5.74, 6) is -1.39. The van der Waals surface area contributed by atoms with Gasteiger partial charge in [0.25, 0.3) is 0 Å². The fraction of sp³-hybridized carbons (Fsp3) is 1.00. The molecule has 0 saturated carbocycles. The molecule has 0 aromatic heterocycles. The van der Waals surface area contributed by atoms with E-state index in [0.29, 0.717) is 13.2 Å². The van der Waals surface area contributed by atoms with Gasteiger partial charge in [0.1, 0.15) is 27.3 Å². The van der Waals surface area contributed by atoms with Gasteiger partial charge in [-0.3, -0.25) is 13.6 Å². The van der Waals surface area contributed by atoms with Crippen LogP contribution in [-0.4, -0.2) is 37.6 Å². The topological polar surface area (TPSA) is 88.1 Å². The summed E-state index contributed by atoms with van der Waals surface area (Å²) in [6, 6.07) is 0. The number of ether oxygens (including phenoxy) is 2. The average Bonchev–Trinajstić information content (AvgIpc) is 2.41. The summed E-state index contributed by atoms with van der Waals surface area (Å²) >= 11 is 0. The summed E-state index contributed by atoms with van der Waals surface area (Å²) in [6.45, 7) is 7.63. The Hall–Kier alpha value is 0.530. The van der Waals surface area contributed by atoms with Crippen LogP contribution >= 0.6 is 23.9 Å². The Morgan fingerprint density at radius 2 is 1.15 bits per heavy atom. The highest BCUT2D eigenvalue weighted by molar-refractivity contribution is 7.47. The van der Waals surface area contributed by atoms with Gasteiger partial charge >= 0.3 is 8.25 Å². The molecule has 0 saturated heterocycles. The van der Waals surface area contributed by atoms with Crippen LogP contribution in [0, 0.1) is 0 Å². The lowest BCUT2D eigenvalue weighted by atomic mass is 10.9. The van der Waals surface area contributed by atoms with E-state index >= 15 is 0 Å². The second-order valence-electron chi connectivity index (χ2n) is 3.98. The molecule has 7 nitrogen and oxygen atoms in total. The minimum atomic E-state index is -2.84. The highest BCUT2D eigenvalue weighted by atomic mass is 31.1. The molecule has 0 N–H and O–H groups in total. The van der Waals surface area contributed by atoms with Crippen molar-refractivity contribution < 1.29 is 32.2 Å². The van der Waals surface area contributed by atoms with Crippen molar-refractivity contribution in [2.24, 2.45) is 0 Å². The minimum absolute atomic E-state index is 0.0912. The minimum Gasteiger partial charge on any atom is -0.374 e. The average molecular weight is 350 g/mol. The van der Waals surface area contributed by atoms with Gasteiger partial charge in [0.2, 0.25) is 0 Å². The molecule has 0 radical (unpaired) electrons. The highest BCUT2D eigenvalue weighted by Crippen LogP contribution is 2.41. The molecule has 0 amide bonds. The van der Waals surface area contributed by atoms with Crippen LogP contribution in [0.25, 0.3) is 0 Å². The van der Waals surface area contributed by atoms with Gasteiger partial charge in [0, 0.05) is 13.2 Å². The molecule has 0 aliphatic carbocycles. The molecule has 20 heavy (non-hydrogen) atoms. The zero-order chi connectivity index (χ0) is 15.5. The number of rotatable bonds is 12. The summed E-state index contributed by atoms with van der Waals surface area (Å²) in [5.41, 5.74) is 0. The van der Waals surface area contributed by atoms with Crippen molar-refractivity contribution in [3.63, 3.8) is 0 Å². The molecule has 4 atom stereocenters. The first-order chi connectivity index (χ1) is 9.42. The van der Waals surface area contributed by atoms with Gasteiger partial charge < -0.3 is 18.6 Å². The molecule has 0 aliphatic rings. The van der Waals surface area contributed by atoms with Crippen molar-refractivity contribution in [1.82, 2.24) is 0 Å². The molecule has 0 bridgehead atoms. The Balaban J connectivity index is 4.08. The molecule has 0 aromatic rings. The third-order valence-corrected chi connectivity index (χ3v) is 6.94. The summed E-state index contributed by atoms with van der Waals surface area (Å²) in [4.78, 5) is 0. The van der Waals surface area contributed by atoms with E-state index in [0.717, 1.165) is 0 Å². The van der Waals surface area contributed by atoms with Crippen LogP contribution in [0.4, 0.5) is 0 Å². The largest absolute Gasteiger partial charge is 0.374 e. The summed E-state index contributed by atoms with van der Waals surface area (Å²) < 4.78 is 55.1. The van der Waals surface area contributed by atoms with E-state index in [9.17, 15) is 13.7 Å². The van der Waals surface area contributed by atoms with Crippen molar-refractivity contribution in [1.29, 1.82) is 0 Å². The first kappa shape index (κ1) is 20.5. The maximum absolute atomic E-state index is 11.7. The maximum atomic E-state index is 11.7. The normalized spacial score (nSPS) is 19.2. The van der Waals surface area contributed by atoms with E-state index in [1.54, 1.807) is 27.7 Å². The Kier molecular flexibility index (Phi) is 12.4. The van der Waals surface area contributed by atoms with Crippen LogP contribution in [0.1, 0.15) is 27.7 Å². The van der Waals surface area contributed by atoms with Crippen molar-refractivity contribution >= 4 is 23.9 Å². The van der Waals surface area contributed by atoms with Gasteiger partial charge in [0.05, 0.1) is 12.7 Å². The fourth-order valence-electron chi connectivity index (χ4n) is 1.09. The second-order valence-corrected chi connectivity index (χ2v) is 9.02. The zero-order valence-electron chi connectivity index (χ0n) is 12.3. The van der Waals surface area contributed by atoms with Crippen LogP contribution in [0.3, 0.4) is 0 Å².